The standard InChI is InChI=1S/C17H25FN2/c1-12-7-13(3-6-17(12)18)10-19-11-14-8-15-4-5-16(9-14)20(15)2/h3,6-7,14-16,19H,4-5,8-11H2,1-2H3. The first-order valence-electron chi connectivity index (χ1n) is 7.81. The van der Waals surface area contributed by atoms with Crippen LogP contribution in [-0.2, 0) is 6.54 Å². The maximum Gasteiger partial charge on any atom is 0.126 e. The molecule has 20 heavy (non-hydrogen) atoms. The monoisotopic (exact) mass is 276 g/mol. The van der Waals surface area contributed by atoms with Gasteiger partial charge in [-0.05, 0) is 69.3 Å². The van der Waals surface area contributed by atoms with E-state index in [2.05, 4.69) is 17.3 Å². The van der Waals surface area contributed by atoms with Gasteiger partial charge in [0, 0.05) is 18.6 Å². The number of benzene rings is 1. The summed E-state index contributed by atoms with van der Waals surface area (Å²) in [4.78, 5) is 2.58. The Morgan fingerprint density at radius 2 is 1.95 bits per heavy atom. The fourth-order valence-corrected chi connectivity index (χ4v) is 3.93. The minimum absolute atomic E-state index is 0.111. The highest BCUT2D eigenvalue weighted by atomic mass is 19.1. The molecule has 3 rings (SSSR count). The minimum Gasteiger partial charge on any atom is -0.312 e. The summed E-state index contributed by atoms with van der Waals surface area (Å²) in [5.74, 6) is 0.700. The summed E-state index contributed by atoms with van der Waals surface area (Å²) in [7, 11) is 2.28. The second-order valence-corrected chi connectivity index (χ2v) is 6.60. The van der Waals surface area contributed by atoms with Crippen molar-refractivity contribution in [3.8, 4) is 0 Å². The molecule has 0 spiro atoms. The van der Waals surface area contributed by atoms with E-state index in [1.807, 2.05) is 19.1 Å². The Morgan fingerprint density at radius 3 is 2.60 bits per heavy atom. The number of rotatable bonds is 4. The first-order chi connectivity index (χ1) is 9.63. The molecule has 2 aliphatic rings. The third-order valence-corrected chi connectivity index (χ3v) is 5.18. The summed E-state index contributed by atoms with van der Waals surface area (Å²) in [6.45, 7) is 3.77. The Hall–Kier alpha value is -0.930. The predicted molar refractivity (Wildman–Crippen MR) is 80.1 cm³/mol. The van der Waals surface area contributed by atoms with Gasteiger partial charge in [-0.25, -0.2) is 4.39 Å². The van der Waals surface area contributed by atoms with E-state index in [-0.39, 0.29) is 5.82 Å². The van der Waals surface area contributed by atoms with Crippen LogP contribution in [0, 0.1) is 18.7 Å². The van der Waals surface area contributed by atoms with Gasteiger partial charge in [0.2, 0.25) is 0 Å². The van der Waals surface area contributed by atoms with Crippen molar-refractivity contribution in [3.63, 3.8) is 0 Å². The van der Waals surface area contributed by atoms with Crippen LogP contribution < -0.4 is 5.32 Å². The Balaban J connectivity index is 1.47. The summed E-state index contributed by atoms with van der Waals surface area (Å²) < 4.78 is 13.2. The van der Waals surface area contributed by atoms with Gasteiger partial charge in [0.25, 0.3) is 0 Å². The highest BCUT2D eigenvalue weighted by Crippen LogP contribution is 2.36. The van der Waals surface area contributed by atoms with E-state index in [1.54, 1.807) is 6.07 Å². The SMILES string of the molecule is Cc1cc(CNCC2CC3CCC(C2)N3C)ccc1F. The zero-order valence-electron chi connectivity index (χ0n) is 12.5. The maximum atomic E-state index is 13.2. The average molecular weight is 276 g/mol. The van der Waals surface area contributed by atoms with E-state index in [4.69, 9.17) is 0 Å². The lowest BCUT2D eigenvalue weighted by Gasteiger charge is -2.36. The number of hydrogen-bond acceptors (Lipinski definition) is 2. The number of fused-ring (bicyclic) bond motifs is 2. The largest absolute Gasteiger partial charge is 0.312 e. The van der Waals surface area contributed by atoms with Crippen LogP contribution in [0.5, 0.6) is 0 Å². The van der Waals surface area contributed by atoms with Crippen molar-refractivity contribution in [2.45, 2.75) is 51.2 Å². The molecule has 1 aromatic carbocycles. The third kappa shape index (κ3) is 2.89. The molecule has 0 radical (unpaired) electrons. The molecule has 0 aromatic heterocycles. The van der Waals surface area contributed by atoms with Crippen LogP contribution >= 0.6 is 0 Å². The first-order valence-corrected chi connectivity index (χ1v) is 7.81. The third-order valence-electron chi connectivity index (χ3n) is 5.18. The van der Waals surface area contributed by atoms with Crippen molar-refractivity contribution in [1.29, 1.82) is 0 Å². The number of hydrogen-bond donors (Lipinski definition) is 1. The summed E-state index contributed by atoms with van der Waals surface area (Å²) in [5.41, 5.74) is 1.92. The molecule has 0 saturated carbocycles. The van der Waals surface area contributed by atoms with E-state index < -0.39 is 0 Å². The Labute approximate surface area is 121 Å². The fraction of sp³-hybridized carbons (Fsp3) is 0.647. The lowest BCUT2D eigenvalue weighted by molar-refractivity contribution is 0.133. The average Bonchev–Trinajstić information content (AvgIpc) is 2.65. The molecule has 0 aliphatic carbocycles. The van der Waals surface area contributed by atoms with E-state index >= 15 is 0 Å². The Morgan fingerprint density at radius 1 is 1.25 bits per heavy atom. The highest BCUT2D eigenvalue weighted by molar-refractivity contribution is 5.23. The second kappa shape index (κ2) is 5.82. The minimum atomic E-state index is -0.111. The van der Waals surface area contributed by atoms with Crippen LogP contribution in [0.2, 0.25) is 0 Å². The topological polar surface area (TPSA) is 15.3 Å². The molecule has 2 fully saturated rings. The molecule has 1 aromatic rings. The smallest absolute Gasteiger partial charge is 0.126 e. The number of nitrogens with one attached hydrogen (secondary N) is 1. The van der Waals surface area contributed by atoms with Crippen molar-refractivity contribution in [2.24, 2.45) is 5.92 Å². The van der Waals surface area contributed by atoms with Crippen molar-refractivity contribution in [2.75, 3.05) is 13.6 Å². The molecule has 110 valence electrons. The van der Waals surface area contributed by atoms with Gasteiger partial charge < -0.3 is 10.2 Å². The normalized spacial score (nSPS) is 29.9. The van der Waals surface area contributed by atoms with Gasteiger partial charge in [-0.1, -0.05) is 12.1 Å². The van der Waals surface area contributed by atoms with Gasteiger partial charge in [-0.2, -0.15) is 0 Å². The number of piperidine rings is 1. The van der Waals surface area contributed by atoms with Crippen LogP contribution in [0.3, 0.4) is 0 Å². The van der Waals surface area contributed by atoms with Gasteiger partial charge in [-0.15, -0.1) is 0 Å². The van der Waals surface area contributed by atoms with Crippen molar-refractivity contribution in [3.05, 3.63) is 35.1 Å². The van der Waals surface area contributed by atoms with Crippen molar-refractivity contribution < 1.29 is 4.39 Å². The molecule has 3 heteroatoms. The Kier molecular flexibility index (Phi) is 4.08. The van der Waals surface area contributed by atoms with Crippen LogP contribution in [0.1, 0.15) is 36.8 Å². The summed E-state index contributed by atoms with van der Waals surface area (Å²) in [6, 6.07) is 7.03. The predicted octanol–water partition coefficient (Wildman–Crippen LogP) is 3.10. The molecule has 2 heterocycles. The summed E-state index contributed by atoms with van der Waals surface area (Å²) in [6.07, 6.45) is 5.44. The van der Waals surface area contributed by atoms with Crippen molar-refractivity contribution >= 4 is 0 Å². The molecular formula is C17H25FN2. The molecule has 2 aliphatic heterocycles. The van der Waals surface area contributed by atoms with Gasteiger partial charge in [0.1, 0.15) is 5.82 Å². The highest BCUT2D eigenvalue weighted by Gasteiger charge is 2.37. The van der Waals surface area contributed by atoms with Gasteiger partial charge in [0.05, 0.1) is 0 Å². The first kappa shape index (κ1) is 14.0. The molecule has 2 atom stereocenters. The molecule has 0 amide bonds. The van der Waals surface area contributed by atoms with Gasteiger partial charge in [0.15, 0.2) is 0 Å². The summed E-state index contributed by atoms with van der Waals surface area (Å²) in [5, 5.41) is 3.56. The van der Waals surface area contributed by atoms with Crippen LogP contribution in [0.4, 0.5) is 4.39 Å². The van der Waals surface area contributed by atoms with Gasteiger partial charge in [-0.3, -0.25) is 0 Å². The molecular weight excluding hydrogens is 251 g/mol. The van der Waals surface area contributed by atoms with E-state index in [1.165, 1.54) is 31.2 Å². The second-order valence-electron chi connectivity index (χ2n) is 6.60. The molecule has 2 nitrogen and oxygen atoms in total. The Bertz CT molecular complexity index is 460. The number of halogens is 1. The lowest BCUT2D eigenvalue weighted by Crippen LogP contribution is -2.42. The quantitative estimate of drug-likeness (QED) is 0.909. The van der Waals surface area contributed by atoms with Crippen LogP contribution in [0.25, 0.3) is 0 Å². The van der Waals surface area contributed by atoms with E-state index in [0.29, 0.717) is 0 Å². The van der Waals surface area contributed by atoms with Crippen LogP contribution in [-0.4, -0.2) is 30.6 Å². The lowest BCUT2D eigenvalue weighted by atomic mass is 9.91. The maximum absolute atomic E-state index is 13.2. The van der Waals surface area contributed by atoms with E-state index in [0.717, 1.165) is 36.7 Å². The van der Waals surface area contributed by atoms with Crippen molar-refractivity contribution in [1.82, 2.24) is 10.2 Å². The fourth-order valence-electron chi connectivity index (χ4n) is 3.93. The van der Waals surface area contributed by atoms with Crippen LogP contribution in [0.15, 0.2) is 18.2 Å². The zero-order chi connectivity index (χ0) is 14.1. The molecule has 2 saturated heterocycles. The molecule has 2 unspecified atom stereocenters. The number of aryl methyl sites for hydroxylation is 1. The van der Waals surface area contributed by atoms with Gasteiger partial charge >= 0.3 is 0 Å². The molecule has 2 bridgehead atoms. The molecule has 1 N–H and O–H groups in total. The van der Waals surface area contributed by atoms with E-state index in [9.17, 15) is 4.39 Å². The summed E-state index contributed by atoms with van der Waals surface area (Å²) >= 11 is 0. The number of nitrogens with zero attached hydrogens (tertiary/aromatic N) is 1. The zero-order valence-corrected chi connectivity index (χ0v) is 12.5.